The Morgan fingerprint density at radius 3 is 3.08 bits per heavy atom. The average molecular weight is 230 g/mol. The van der Waals surface area contributed by atoms with Crippen molar-refractivity contribution in [1.29, 1.82) is 0 Å². The van der Waals surface area contributed by atoms with E-state index in [2.05, 4.69) is 26.8 Å². The van der Waals surface area contributed by atoms with E-state index in [4.69, 9.17) is 11.2 Å². The molecule has 4 heteroatoms. The lowest BCUT2D eigenvalue weighted by molar-refractivity contribution is 0.332. The minimum atomic E-state index is -0.528. The number of nitrogens with zero attached hydrogens (tertiary/aromatic N) is 1. The van der Waals surface area contributed by atoms with E-state index < -0.39 is 5.82 Å². The second kappa shape index (κ2) is 4.07. The Hall–Kier alpha value is -1.08. The second-order valence-electron chi connectivity index (χ2n) is 1.93. The van der Waals surface area contributed by atoms with Gasteiger partial charge in [-0.3, -0.25) is 0 Å². The summed E-state index contributed by atoms with van der Waals surface area (Å²) in [7, 11) is 0. The summed E-state index contributed by atoms with van der Waals surface area (Å²) in [6.45, 7) is 0.0194. The Balaban J connectivity index is 2.81. The molecule has 0 unspecified atom stereocenters. The molecule has 2 nitrogen and oxygen atoms in total. The van der Waals surface area contributed by atoms with Crippen molar-refractivity contribution in [1.82, 2.24) is 4.98 Å². The van der Waals surface area contributed by atoms with Gasteiger partial charge in [0.05, 0.1) is 0 Å². The van der Waals surface area contributed by atoms with Crippen LogP contribution in [0.3, 0.4) is 0 Å². The molecule has 12 heavy (non-hydrogen) atoms. The molecule has 62 valence electrons. The Labute approximate surface area is 77.9 Å². The standard InChI is InChI=1S/C8H5BrFNO/c1-2-3-12-8-7(10)4-6(9)5-11-8/h1,4-5H,3H2. The van der Waals surface area contributed by atoms with Gasteiger partial charge in [-0.1, -0.05) is 5.92 Å². The monoisotopic (exact) mass is 229 g/mol. The van der Waals surface area contributed by atoms with E-state index in [1.54, 1.807) is 0 Å². The molecule has 0 aliphatic heterocycles. The number of hydrogen-bond donors (Lipinski definition) is 0. The fourth-order valence-corrected chi connectivity index (χ4v) is 0.922. The van der Waals surface area contributed by atoms with Crippen molar-refractivity contribution in [2.45, 2.75) is 0 Å². The van der Waals surface area contributed by atoms with Gasteiger partial charge in [-0.05, 0) is 22.0 Å². The van der Waals surface area contributed by atoms with E-state index in [9.17, 15) is 4.39 Å². The topological polar surface area (TPSA) is 22.1 Å². The van der Waals surface area contributed by atoms with Gasteiger partial charge in [-0.2, -0.15) is 0 Å². The average Bonchev–Trinajstić information content (AvgIpc) is 2.03. The summed E-state index contributed by atoms with van der Waals surface area (Å²) in [4.78, 5) is 3.68. The van der Waals surface area contributed by atoms with Crippen LogP contribution in [0.25, 0.3) is 0 Å². The maximum absolute atomic E-state index is 12.9. The van der Waals surface area contributed by atoms with Gasteiger partial charge in [0, 0.05) is 10.7 Å². The minimum Gasteiger partial charge on any atom is -0.462 e. The Kier molecular flexibility index (Phi) is 3.06. The number of rotatable bonds is 2. The molecule has 0 saturated carbocycles. The highest BCUT2D eigenvalue weighted by Crippen LogP contribution is 2.17. The number of ether oxygens (including phenoxy) is 1. The van der Waals surface area contributed by atoms with Crippen LogP contribution in [-0.4, -0.2) is 11.6 Å². The molecule has 1 heterocycles. The second-order valence-corrected chi connectivity index (χ2v) is 2.85. The summed E-state index contributed by atoms with van der Waals surface area (Å²) in [5.74, 6) is 1.62. The predicted molar refractivity (Wildman–Crippen MR) is 46.2 cm³/mol. The van der Waals surface area contributed by atoms with E-state index in [1.165, 1.54) is 12.3 Å². The number of terminal acetylenes is 1. The van der Waals surface area contributed by atoms with Gasteiger partial charge in [0.1, 0.15) is 0 Å². The van der Waals surface area contributed by atoms with Crippen molar-refractivity contribution in [3.05, 3.63) is 22.6 Å². The van der Waals surface area contributed by atoms with Crippen LogP contribution in [0.5, 0.6) is 5.88 Å². The van der Waals surface area contributed by atoms with Crippen LogP contribution in [0, 0.1) is 18.2 Å². The first-order chi connectivity index (χ1) is 5.74. The van der Waals surface area contributed by atoms with E-state index in [0.717, 1.165) is 0 Å². The first-order valence-corrected chi connectivity index (χ1v) is 3.90. The molecule has 0 fully saturated rings. The zero-order chi connectivity index (χ0) is 8.97. The fourth-order valence-electron chi connectivity index (χ4n) is 0.618. The quantitative estimate of drug-likeness (QED) is 0.725. The van der Waals surface area contributed by atoms with E-state index in [0.29, 0.717) is 4.47 Å². The van der Waals surface area contributed by atoms with Crippen LogP contribution >= 0.6 is 15.9 Å². The van der Waals surface area contributed by atoms with E-state index in [-0.39, 0.29) is 12.5 Å². The SMILES string of the molecule is C#CCOc1ncc(Br)cc1F. The van der Waals surface area contributed by atoms with Crippen molar-refractivity contribution in [3.8, 4) is 18.2 Å². The smallest absolute Gasteiger partial charge is 0.251 e. The molecule has 0 aliphatic rings. The van der Waals surface area contributed by atoms with Crippen LogP contribution in [-0.2, 0) is 0 Å². The summed E-state index contributed by atoms with van der Waals surface area (Å²) >= 11 is 3.07. The van der Waals surface area contributed by atoms with Crippen molar-refractivity contribution >= 4 is 15.9 Å². The third-order valence-corrected chi connectivity index (χ3v) is 1.50. The molecule has 0 spiro atoms. The molecule has 0 aromatic carbocycles. The first kappa shape index (κ1) is 9.01. The number of hydrogen-bond acceptors (Lipinski definition) is 2. The Morgan fingerprint density at radius 1 is 1.75 bits per heavy atom. The summed E-state index contributed by atoms with van der Waals surface area (Å²) in [6.07, 6.45) is 6.36. The van der Waals surface area contributed by atoms with Crippen molar-refractivity contribution in [2.75, 3.05) is 6.61 Å². The summed E-state index contributed by atoms with van der Waals surface area (Å²) in [6, 6.07) is 1.26. The van der Waals surface area contributed by atoms with Crippen LogP contribution in [0.4, 0.5) is 4.39 Å². The molecule has 0 radical (unpaired) electrons. The van der Waals surface area contributed by atoms with Gasteiger partial charge in [-0.15, -0.1) is 6.42 Å². The normalized spacial score (nSPS) is 9.08. The molecule has 0 atom stereocenters. The summed E-state index contributed by atoms with van der Waals surface area (Å²) in [5.41, 5.74) is 0. The molecule has 1 rings (SSSR count). The lowest BCUT2D eigenvalue weighted by Gasteiger charge is -2.01. The molecule has 0 aliphatic carbocycles. The van der Waals surface area contributed by atoms with E-state index in [1.807, 2.05) is 0 Å². The van der Waals surface area contributed by atoms with Crippen molar-refractivity contribution < 1.29 is 9.13 Å². The molecule has 1 aromatic heterocycles. The van der Waals surface area contributed by atoms with Gasteiger partial charge in [0.15, 0.2) is 12.4 Å². The Bertz CT molecular complexity index is 321. The maximum atomic E-state index is 12.9. The highest BCUT2D eigenvalue weighted by molar-refractivity contribution is 9.10. The third-order valence-electron chi connectivity index (χ3n) is 1.07. The molecule has 0 N–H and O–H groups in total. The first-order valence-electron chi connectivity index (χ1n) is 3.11. The number of pyridine rings is 1. The van der Waals surface area contributed by atoms with Gasteiger partial charge < -0.3 is 4.74 Å². The molecular formula is C8H5BrFNO. The van der Waals surface area contributed by atoms with Crippen LogP contribution in [0.1, 0.15) is 0 Å². The molecular weight excluding hydrogens is 225 g/mol. The number of aromatic nitrogens is 1. The fraction of sp³-hybridized carbons (Fsp3) is 0.125. The molecule has 0 amide bonds. The third kappa shape index (κ3) is 2.21. The zero-order valence-electron chi connectivity index (χ0n) is 6.05. The maximum Gasteiger partial charge on any atom is 0.251 e. The Morgan fingerprint density at radius 2 is 2.50 bits per heavy atom. The molecule has 1 aromatic rings. The van der Waals surface area contributed by atoms with Crippen LogP contribution < -0.4 is 4.74 Å². The lowest BCUT2D eigenvalue weighted by Crippen LogP contribution is -1.98. The highest BCUT2D eigenvalue weighted by Gasteiger charge is 2.03. The summed E-state index contributed by atoms with van der Waals surface area (Å²) < 4.78 is 18.2. The van der Waals surface area contributed by atoms with Crippen molar-refractivity contribution in [2.24, 2.45) is 0 Å². The summed E-state index contributed by atoms with van der Waals surface area (Å²) in [5, 5.41) is 0. The van der Waals surface area contributed by atoms with Crippen molar-refractivity contribution in [3.63, 3.8) is 0 Å². The molecule has 0 bridgehead atoms. The van der Waals surface area contributed by atoms with Gasteiger partial charge in [0.25, 0.3) is 5.88 Å². The minimum absolute atomic E-state index is 0.0194. The largest absolute Gasteiger partial charge is 0.462 e. The van der Waals surface area contributed by atoms with Gasteiger partial charge >= 0.3 is 0 Å². The van der Waals surface area contributed by atoms with E-state index >= 15 is 0 Å². The highest BCUT2D eigenvalue weighted by atomic mass is 79.9. The predicted octanol–water partition coefficient (Wildman–Crippen LogP) is 2.00. The van der Waals surface area contributed by atoms with Gasteiger partial charge in [-0.25, -0.2) is 9.37 Å². The van der Waals surface area contributed by atoms with Crippen LogP contribution in [0.2, 0.25) is 0 Å². The number of halogens is 2. The van der Waals surface area contributed by atoms with Crippen LogP contribution in [0.15, 0.2) is 16.7 Å². The lowest BCUT2D eigenvalue weighted by atomic mass is 10.5. The zero-order valence-corrected chi connectivity index (χ0v) is 7.64. The van der Waals surface area contributed by atoms with Gasteiger partial charge in [0.2, 0.25) is 0 Å². The molecule has 0 saturated heterocycles.